The number of nitrogens with zero attached hydrogens (tertiary/aromatic N) is 2. The van der Waals surface area contributed by atoms with E-state index in [1.165, 1.54) is 12.1 Å². The highest BCUT2D eigenvalue weighted by Crippen LogP contribution is 2.26. The average molecular weight is 555 g/mol. The highest BCUT2D eigenvalue weighted by atomic mass is 32.1. The van der Waals surface area contributed by atoms with Crippen molar-refractivity contribution in [1.29, 1.82) is 0 Å². The Kier molecular flexibility index (Phi) is 8.91. The van der Waals surface area contributed by atoms with Crippen molar-refractivity contribution < 1.29 is 18.8 Å². The number of nitrogens with two attached hydrogens (primary N) is 1. The lowest BCUT2D eigenvalue weighted by Gasteiger charge is -2.27. The summed E-state index contributed by atoms with van der Waals surface area (Å²) in [5.74, 6) is -2.11. The van der Waals surface area contributed by atoms with Gasteiger partial charge in [-0.1, -0.05) is 26.0 Å². The van der Waals surface area contributed by atoms with Crippen LogP contribution in [0.25, 0.3) is 22.0 Å². The predicted molar refractivity (Wildman–Crippen MR) is 151 cm³/mol. The molecule has 4 atom stereocenters. The molecule has 0 aliphatic carbocycles. The maximum absolute atomic E-state index is 15.2. The summed E-state index contributed by atoms with van der Waals surface area (Å²) in [7, 11) is 1.85. The van der Waals surface area contributed by atoms with Crippen molar-refractivity contribution in [2.24, 2.45) is 24.6 Å². The molecule has 0 radical (unpaired) electrons. The molecule has 9 nitrogen and oxygen atoms in total. The van der Waals surface area contributed by atoms with Gasteiger partial charge in [-0.15, -0.1) is 0 Å². The molecule has 11 heteroatoms. The molecule has 208 valence electrons. The second-order valence-corrected chi connectivity index (χ2v) is 11.1. The monoisotopic (exact) mass is 554 g/mol. The Hall–Kier alpha value is -3.44. The number of aryl methyl sites for hydroxylation is 1. The number of rotatable bonds is 10. The normalized spacial score (nSPS) is 17.6. The summed E-state index contributed by atoms with van der Waals surface area (Å²) in [4.78, 5) is 38.3. The van der Waals surface area contributed by atoms with Crippen LogP contribution in [0.4, 0.5) is 4.39 Å². The van der Waals surface area contributed by atoms with E-state index in [0.717, 1.165) is 16.5 Å². The molecule has 2 aromatic carbocycles. The minimum Gasteiger partial charge on any atom is -0.356 e. The van der Waals surface area contributed by atoms with Crippen molar-refractivity contribution in [2.75, 3.05) is 6.54 Å². The molecule has 39 heavy (non-hydrogen) atoms. The smallest absolute Gasteiger partial charge is 0.254 e. The van der Waals surface area contributed by atoms with Crippen LogP contribution < -0.4 is 21.7 Å². The standard InChI is InChI=1S/C28H35FN6O3S/c1-15(2)10-23(28(38)33-22(25(30)39)13-18-8-9-31-26(18)36)34-27(37)20-6-4-17(12-21(20)29)16-5-7-24-19(11-16)14-32-35(24)3/h4-7,11-12,14-15,18,22-23,25,39H,8-10,13,30H2,1-3H3,(H,31,36)(H,33,38)(H,34,37)/t18-,22-,23-,25?/m0/s1. The van der Waals surface area contributed by atoms with Gasteiger partial charge in [-0.2, -0.15) is 17.7 Å². The van der Waals surface area contributed by atoms with Gasteiger partial charge in [0.1, 0.15) is 11.9 Å². The maximum atomic E-state index is 15.2. The van der Waals surface area contributed by atoms with E-state index < -0.39 is 35.1 Å². The molecule has 2 heterocycles. The van der Waals surface area contributed by atoms with Gasteiger partial charge in [-0.3, -0.25) is 19.1 Å². The molecule has 1 aromatic heterocycles. The molecule has 3 aromatic rings. The first kappa shape index (κ1) is 28.6. The van der Waals surface area contributed by atoms with Crippen LogP contribution in [0, 0.1) is 17.7 Å². The summed E-state index contributed by atoms with van der Waals surface area (Å²) in [6, 6.07) is 8.61. The lowest BCUT2D eigenvalue weighted by atomic mass is 9.97. The van der Waals surface area contributed by atoms with Crippen LogP contribution in [0.5, 0.6) is 0 Å². The van der Waals surface area contributed by atoms with Gasteiger partial charge in [-0.05, 0) is 60.6 Å². The topological polar surface area (TPSA) is 131 Å². The minimum absolute atomic E-state index is 0.0689. The molecule has 1 fully saturated rings. The number of benzene rings is 2. The van der Waals surface area contributed by atoms with Crippen LogP contribution >= 0.6 is 12.6 Å². The van der Waals surface area contributed by atoms with Gasteiger partial charge >= 0.3 is 0 Å². The van der Waals surface area contributed by atoms with Crippen LogP contribution in [0.15, 0.2) is 42.6 Å². The van der Waals surface area contributed by atoms with Crippen LogP contribution in [0.1, 0.15) is 43.5 Å². The van der Waals surface area contributed by atoms with E-state index in [4.69, 9.17) is 5.73 Å². The van der Waals surface area contributed by atoms with Crippen LogP contribution in [-0.2, 0) is 16.6 Å². The van der Waals surface area contributed by atoms with Gasteiger partial charge in [0.2, 0.25) is 11.8 Å². The number of halogens is 1. The Morgan fingerprint density at radius 1 is 1.21 bits per heavy atom. The molecule has 1 unspecified atom stereocenters. The van der Waals surface area contributed by atoms with Gasteiger partial charge < -0.3 is 21.7 Å². The Morgan fingerprint density at radius 3 is 2.56 bits per heavy atom. The lowest BCUT2D eigenvalue weighted by molar-refractivity contribution is -0.126. The van der Waals surface area contributed by atoms with Crippen molar-refractivity contribution in [3.8, 4) is 11.1 Å². The fourth-order valence-corrected chi connectivity index (χ4v) is 5.10. The van der Waals surface area contributed by atoms with E-state index in [0.29, 0.717) is 31.4 Å². The van der Waals surface area contributed by atoms with E-state index >= 15 is 4.39 Å². The third kappa shape index (κ3) is 6.77. The number of aromatic nitrogens is 2. The quantitative estimate of drug-likeness (QED) is 0.194. The zero-order valence-electron chi connectivity index (χ0n) is 22.3. The fraction of sp³-hybridized carbons (Fsp3) is 0.429. The van der Waals surface area contributed by atoms with E-state index in [1.54, 1.807) is 16.9 Å². The predicted octanol–water partition coefficient (Wildman–Crippen LogP) is 2.75. The molecular weight excluding hydrogens is 519 g/mol. The van der Waals surface area contributed by atoms with Gasteiger partial charge in [0.25, 0.3) is 5.91 Å². The molecule has 3 amide bonds. The summed E-state index contributed by atoms with van der Waals surface area (Å²) >= 11 is 4.30. The number of hydrogen-bond acceptors (Lipinski definition) is 6. The average Bonchev–Trinajstić information content (AvgIpc) is 3.46. The number of thiol groups is 1. The Bertz CT molecular complexity index is 1370. The first-order valence-corrected chi connectivity index (χ1v) is 13.6. The molecular formula is C28H35FN6O3S. The molecule has 0 saturated carbocycles. The summed E-state index contributed by atoms with van der Waals surface area (Å²) < 4.78 is 16.9. The second kappa shape index (κ2) is 12.2. The van der Waals surface area contributed by atoms with E-state index in [1.807, 2.05) is 39.1 Å². The van der Waals surface area contributed by atoms with E-state index in [9.17, 15) is 14.4 Å². The molecule has 4 rings (SSSR count). The summed E-state index contributed by atoms with van der Waals surface area (Å²) in [6.45, 7) is 4.43. The van der Waals surface area contributed by atoms with Crippen LogP contribution in [-0.4, -0.2) is 51.5 Å². The van der Waals surface area contributed by atoms with Crippen molar-refractivity contribution in [3.63, 3.8) is 0 Å². The second-order valence-electron chi connectivity index (χ2n) is 10.5. The minimum atomic E-state index is -0.920. The van der Waals surface area contributed by atoms with Crippen LogP contribution in [0.2, 0.25) is 0 Å². The number of amides is 3. The molecule has 1 aliphatic heterocycles. The van der Waals surface area contributed by atoms with Crippen molar-refractivity contribution in [2.45, 2.75) is 50.6 Å². The zero-order chi connectivity index (χ0) is 28.3. The number of nitrogens with one attached hydrogen (secondary N) is 3. The number of fused-ring (bicyclic) bond motifs is 1. The largest absolute Gasteiger partial charge is 0.356 e. The van der Waals surface area contributed by atoms with E-state index in [-0.39, 0.29) is 23.3 Å². The molecule has 1 aliphatic rings. The first-order valence-electron chi connectivity index (χ1n) is 13.1. The summed E-state index contributed by atoms with van der Waals surface area (Å²) in [6.07, 6.45) is 3.07. The fourth-order valence-electron chi connectivity index (χ4n) is 4.90. The van der Waals surface area contributed by atoms with Crippen molar-refractivity contribution in [1.82, 2.24) is 25.7 Å². The first-order chi connectivity index (χ1) is 18.5. The SMILES string of the molecule is CC(C)C[C@H](NC(=O)c1ccc(-c2ccc3c(cnn3C)c2)cc1F)C(=O)N[C@@H](C[C@@H]1CCNC1=O)C(N)S. The zero-order valence-corrected chi connectivity index (χ0v) is 23.2. The van der Waals surface area contributed by atoms with E-state index in [2.05, 4.69) is 33.7 Å². The van der Waals surface area contributed by atoms with Gasteiger partial charge in [-0.25, -0.2) is 4.39 Å². The highest BCUT2D eigenvalue weighted by Gasteiger charge is 2.32. The Morgan fingerprint density at radius 2 is 1.92 bits per heavy atom. The van der Waals surface area contributed by atoms with Crippen LogP contribution in [0.3, 0.4) is 0 Å². The molecule has 0 spiro atoms. The Labute approximate surface area is 232 Å². The highest BCUT2D eigenvalue weighted by molar-refractivity contribution is 7.80. The van der Waals surface area contributed by atoms with Gasteiger partial charge in [0, 0.05) is 24.9 Å². The number of hydrogen-bond donors (Lipinski definition) is 5. The summed E-state index contributed by atoms with van der Waals surface area (Å²) in [5, 5.41) is 12.8. The van der Waals surface area contributed by atoms with Gasteiger partial charge in [0.05, 0.1) is 28.7 Å². The third-order valence-electron chi connectivity index (χ3n) is 7.06. The molecule has 5 N–H and O–H groups in total. The van der Waals surface area contributed by atoms with Crippen molar-refractivity contribution >= 4 is 41.3 Å². The Balaban J connectivity index is 1.48. The molecule has 1 saturated heterocycles. The molecule has 0 bridgehead atoms. The number of carbonyl (C=O) groups excluding carboxylic acids is 3. The number of carbonyl (C=O) groups is 3. The third-order valence-corrected chi connectivity index (χ3v) is 7.42. The maximum Gasteiger partial charge on any atom is 0.254 e. The lowest BCUT2D eigenvalue weighted by Crippen LogP contribution is -2.54. The van der Waals surface area contributed by atoms with Gasteiger partial charge in [0.15, 0.2) is 0 Å². The summed E-state index contributed by atoms with van der Waals surface area (Å²) in [5.41, 5.74) is 8.20. The van der Waals surface area contributed by atoms with Crippen molar-refractivity contribution in [3.05, 3.63) is 54.0 Å².